The highest BCUT2D eigenvalue weighted by atomic mass is 16.5. The Balaban J connectivity index is 1.43. The van der Waals surface area contributed by atoms with Gasteiger partial charge in [0.25, 0.3) is 0 Å². The second-order valence-electron chi connectivity index (χ2n) is 8.76. The minimum absolute atomic E-state index is 0.0259. The van der Waals surface area contributed by atoms with E-state index < -0.39 is 5.97 Å². The van der Waals surface area contributed by atoms with Crippen LogP contribution in [0, 0.1) is 11.3 Å². The average molecular weight is 428 g/mol. The smallest absolute Gasteiger partial charge is 0.336 e. The zero-order valence-corrected chi connectivity index (χ0v) is 18.0. The third-order valence-corrected chi connectivity index (χ3v) is 6.96. The third-order valence-electron chi connectivity index (χ3n) is 6.96. The highest BCUT2D eigenvalue weighted by Crippen LogP contribution is 2.43. The zero-order valence-electron chi connectivity index (χ0n) is 18.0. The molecule has 0 radical (unpaired) electrons. The first-order valence-electron chi connectivity index (χ1n) is 11.1. The Morgan fingerprint density at radius 1 is 1.06 bits per heavy atom. The Kier molecular flexibility index (Phi) is 5.18. The molecule has 6 heteroatoms. The third kappa shape index (κ3) is 3.44. The predicted molar refractivity (Wildman–Crippen MR) is 120 cm³/mol. The van der Waals surface area contributed by atoms with Crippen LogP contribution >= 0.6 is 0 Å². The fraction of sp³-hybridized carbons (Fsp3) is 0.346. The van der Waals surface area contributed by atoms with Gasteiger partial charge in [0.2, 0.25) is 0 Å². The quantitative estimate of drug-likeness (QED) is 0.759. The molecular weight excluding hydrogens is 402 g/mol. The fourth-order valence-corrected chi connectivity index (χ4v) is 5.55. The molecule has 2 bridgehead atoms. The molecule has 0 unspecified atom stereocenters. The highest BCUT2D eigenvalue weighted by Gasteiger charge is 2.47. The van der Waals surface area contributed by atoms with Crippen molar-refractivity contribution in [2.45, 2.75) is 50.2 Å². The first-order valence-corrected chi connectivity index (χ1v) is 11.1. The zero-order chi connectivity index (χ0) is 22.2. The van der Waals surface area contributed by atoms with Crippen molar-refractivity contribution in [1.82, 2.24) is 10.2 Å². The number of fused-ring (bicyclic) bond motifs is 3. The molecule has 1 aliphatic carbocycles. The molecule has 5 rings (SSSR count). The van der Waals surface area contributed by atoms with Gasteiger partial charge in [-0.2, -0.15) is 5.26 Å². The van der Waals surface area contributed by atoms with Gasteiger partial charge in [-0.3, -0.25) is 0 Å². The number of nitrogens with zero attached hydrogens (tertiary/aromatic N) is 2. The van der Waals surface area contributed by atoms with Crippen LogP contribution < -0.4 is 5.32 Å². The number of amides is 2. The van der Waals surface area contributed by atoms with Crippen molar-refractivity contribution in [2.75, 3.05) is 7.11 Å². The van der Waals surface area contributed by atoms with Crippen molar-refractivity contribution in [2.24, 2.45) is 0 Å². The molecule has 0 saturated carbocycles. The number of nitriles is 1. The molecule has 6 nitrogen and oxygen atoms in total. The van der Waals surface area contributed by atoms with E-state index in [2.05, 4.69) is 23.5 Å². The number of urea groups is 1. The number of hydrogen-bond donors (Lipinski definition) is 1. The van der Waals surface area contributed by atoms with Gasteiger partial charge in [-0.1, -0.05) is 36.4 Å². The van der Waals surface area contributed by atoms with Gasteiger partial charge < -0.3 is 15.0 Å². The van der Waals surface area contributed by atoms with Crippen molar-refractivity contribution in [3.05, 3.63) is 76.4 Å². The Bertz CT molecular complexity index is 1140. The lowest BCUT2D eigenvalue weighted by Crippen LogP contribution is -2.53. The van der Waals surface area contributed by atoms with E-state index in [-0.39, 0.29) is 24.2 Å². The molecule has 2 aromatic rings. The first kappa shape index (κ1) is 20.3. The van der Waals surface area contributed by atoms with Gasteiger partial charge in [0.05, 0.1) is 30.4 Å². The lowest BCUT2D eigenvalue weighted by molar-refractivity contribution is -0.136. The van der Waals surface area contributed by atoms with Gasteiger partial charge >= 0.3 is 12.0 Å². The molecule has 2 aromatic carbocycles. The van der Waals surface area contributed by atoms with E-state index >= 15 is 0 Å². The molecule has 0 aromatic heterocycles. The van der Waals surface area contributed by atoms with Gasteiger partial charge in [-0.15, -0.1) is 0 Å². The number of methoxy groups -OCH3 is 1. The second-order valence-corrected chi connectivity index (χ2v) is 8.76. The van der Waals surface area contributed by atoms with Gasteiger partial charge in [0.1, 0.15) is 0 Å². The molecule has 32 heavy (non-hydrogen) atoms. The minimum Gasteiger partial charge on any atom is -0.466 e. The summed E-state index contributed by atoms with van der Waals surface area (Å²) in [7, 11) is 1.37. The molecule has 0 spiro atoms. The van der Waals surface area contributed by atoms with Crippen molar-refractivity contribution < 1.29 is 14.3 Å². The lowest BCUT2D eigenvalue weighted by Gasteiger charge is -2.37. The Labute approximate surface area is 187 Å². The summed E-state index contributed by atoms with van der Waals surface area (Å²) in [5.74, 6) is -0.404. The Hall–Kier alpha value is -3.59. The normalized spacial score (nSPS) is 21.8. The topological polar surface area (TPSA) is 82.4 Å². The van der Waals surface area contributed by atoms with Gasteiger partial charge in [-0.05, 0) is 66.5 Å². The summed E-state index contributed by atoms with van der Waals surface area (Å²) >= 11 is 0. The van der Waals surface area contributed by atoms with Crippen LogP contribution in [-0.2, 0) is 22.4 Å². The monoisotopic (exact) mass is 427 g/mol. The largest absolute Gasteiger partial charge is 0.466 e. The number of ether oxygens (including phenoxy) is 1. The summed E-state index contributed by atoms with van der Waals surface area (Å²) in [6.45, 7) is 0. The standard InChI is InChI=1S/C26H25N3O3/c1-32-25(30)24-22(19-8-4-5-16(11-19)15-27)14-21-9-10-23(24)29(21)26(31)28-20-12-17-6-2-3-7-18(17)13-20/h2-8,11,20-21,23H,9-10,12-14H2,1H3,(H,28,31)/t21-,23+/m0/s1. The molecule has 1 saturated heterocycles. The van der Waals surface area contributed by atoms with Crippen molar-refractivity contribution in [3.63, 3.8) is 0 Å². The Morgan fingerprint density at radius 2 is 1.81 bits per heavy atom. The number of nitrogens with one attached hydrogen (secondary N) is 1. The highest BCUT2D eigenvalue weighted by molar-refractivity contribution is 6.01. The molecule has 2 aliphatic heterocycles. The summed E-state index contributed by atoms with van der Waals surface area (Å²) in [4.78, 5) is 28.1. The maximum absolute atomic E-state index is 13.4. The number of benzene rings is 2. The summed E-state index contributed by atoms with van der Waals surface area (Å²) in [5.41, 5.74) is 5.41. The summed E-state index contributed by atoms with van der Waals surface area (Å²) in [6.07, 6.45) is 3.81. The number of carbonyl (C=O) groups excluding carboxylic acids is 2. The van der Waals surface area contributed by atoms with E-state index in [9.17, 15) is 14.9 Å². The maximum atomic E-state index is 13.4. The van der Waals surface area contributed by atoms with Crippen molar-refractivity contribution in [1.29, 1.82) is 5.26 Å². The van der Waals surface area contributed by atoms with E-state index in [1.807, 2.05) is 35.2 Å². The first-order chi connectivity index (χ1) is 15.6. The summed E-state index contributed by atoms with van der Waals surface area (Å²) < 4.78 is 5.13. The van der Waals surface area contributed by atoms with E-state index in [1.54, 1.807) is 6.07 Å². The number of carbonyl (C=O) groups is 2. The van der Waals surface area contributed by atoms with Gasteiger partial charge in [0, 0.05) is 12.1 Å². The summed E-state index contributed by atoms with van der Waals surface area (Å²) in [6, 6.07) is 17.4. The number of rotatable bonds is 3. The van der Waals surface area contributed by atoms with Crippen LogP contribution in [0.1, 0.15) is 41.5 Å². The fourth-order valence-electron chi connectivity index (χ4n) is 5.55. The van der Waals surface area contributed by atoms with Crippen LogP contribution in [0.2, 0.25) is 0 Å². The molecule has 162 valence electrons. The van der Waals surface area contributed by atoms with Crippen LogP contribution in [0.4, 0.5) is 4.79 Å². The molecule has 2 heterocycles. The van der Waals surface area contributed by atoms with E-state index in [1.165, 1.54) is 18.2 Å². The molecule has 1 N–H and O–H groups in total. The van der Waals surface area contributed by atoms with Gasteiger partial charge in [-0.25, -0.2) is 9.59 Å². The molecule has 2 amide bonds. The van der Waals surface area contributed by atoms with Crippen molar-refractivity contribution >= 4 is 17.6 Å². The second kappa shape index (κ2) is 8.16. The van der Waals surface area contributed by atoms with Crippen LogP contribution in [-0.4, -0.2) is 42.1 Å². The van der Waals surface area contributed by atoms with Crippen molar-refractivity contribution in [3.8, 4) is 6.07 Å². The minimum atomic E-state index is -0.404. The Morgan fingerprint density at radius 3 is 2.50 bits per heavy atom. The molecule has 2 atom stereocenters. The number of esters is 1. The summed E-state index contributed by atoms with van der Waals surface area (Å²) in [5, 5.41) is 12.5. The van der Waals surface area contributed by atoms with E-state index in [0.717, 1.165) is 36.8 Å². The average Bonchev–Trinajstić information content (AvgIpc) is 3.37. The van der Waals surface area contributed by atoms with Crippen LogP contribution in [0.5, 0.6) is 0 Å². The van der Waals surface area contributed by atoms with Crippen LogP contribution in [0.3, 0.4) is 0 Å². The van der Waals surface area contributed by atoms with E-state index in [0.29, 0.717) is 17.6 Å². The van der Waals surface area contributed by atoms with Crippen LogP contribution in [0.25, 0.3) is 5.57 Å². The van der Waals surface area contributed by atoms with Crippen LogP contribution in [0.15, 0.2) is 54.1 Å². The number of hydrogen-bond acceptors (Lipinski definition) is 4. The SMILES string of the molecule is COC(=O)C1=C(c2cccc(C#N)c2)C[C@@H]2CC[C@H]1N2C(=O)NC1Cc2ccccc2C1. The van der Waals surface area contributed by atoms with E-state index in [4.69, 9.17) is 4.74 Å². The molecule has 1 fully saturated rings. The molecule has 3 aliphatic rings. The predicted octanol–water partition coefficient (Wildman–Crippen LogP) is 3.60. The molecular formula is C26H25N3O3. The lowest BCUT2D eigenvalue weighted by atomic mass is 9.88. The maximum Gasteiger partial charge on any atom is 0.336 e. The van der Waals surface area contributed by atoms with Gasteiger partial charge in [0.15, 0.2) is 0 Å².